The smallest absolute Gasteiger partial charge is 0.234 e. The van der Waals surface area contributed by atoms with Gasteiger partial charge >= 0.3 is 0 Å². The molecule has 0 aliphatic carbocycles. The molecule has 82 valence electrons. The van der Waals surface area contributed by atoms with Crippen LogP contribution in [-0.2, 0) is 11.3 Å². The normalized spacial score (nSPS) is 12.5. The molecule has 0 saturated heterocycles. The van der Waals surface area contributed by atoms with Crippen molar-refractivity contribution in [1.82, 2.24) is 10.3 Å². The molecular weight excluding hydrogens is 256 g/mol. The average molecular weight is 271 g/mol. The maximum absolute atomic E-state index is 11.6. The number of rotatable bonds is 4. The van der Waals surface area contributed by atoms with Crippen molar-refractivity contribution in [2.75, 3.05) is 0 Å². The zero-order valence-electron chi connectivity index (χ0n) is 8.90. The Morgan fingerprint density at radius 3 is 2.60 bits per heavy atom. The number of carbonyl (C=O) groups excluding carboxylic acids is 1. The minimum atomic E-state index is -0.126. The molecule has 4 heteroatoms. The molecule has 0 aliphatic heterocycles. The Morgan fingerprint density at radius 2 is 2.07 bits per heavy atom. The first-order chi connectivity index (χ1) is 7.11. The molecule has 1 rings (SSSR count). The number of nitrogens with zero attached hydrogens (tertiary/aromatic N) is 1. The highest BCUT2D eigenvalue weighted by Gasteiger charge is 2.17. The Labute approximate surface area is 98.4 Å². The SMILES string of the molecule is CC(C)C(Br)C(=O)NCc1ccncc1. The molecule has 1 aromatic rings. The van der Waals surface area contributed by atoms with Crippen molar-refractivity contribution in [2.24, 2.45) is 5.92 Å². The first kappa shape index (κ1) is 12.2. The second-order valence-electron chi connectivity index (χ2n) is 3.72. The molecule has 0 aromatic carbocycles. The minimum absolute atomic E-state index is 0.0295. The lowest BCUT2D eigenvalue weighted by molar-refractivity contribution is -0.121. The summed E-state index contributed by atoms with van der Waals surface area (Å²) in [6.07, 6.45) is 3.44. The lowest BCUT2D eigenvalue weighted by Crippen LogP contribution is -2.33. The monoisotopic (exact) mass is 270 g/mol. The topological polar surface area (TPSA) is 42.0 Å². The third-order valence-electron chi connectivity index (χ3n) is 2.05. The fourth-order valence-electron chi connectivity index (χ4n) is 1.09. The molecule has 1 amide bonds. The molecule has 0 fully saturated rings. The van der Waals surface area contributed by atoms with Gasteiger partial charge in [0.2, 0.25) is 5.91 Å². The molecule has 0 aliphatic rings. The van der Waals surface area contributed by atoms with Gasteiger partial charge in [-0.05, 0) is 23.6 Å². The second kappa shape index (κ2) is 5.85. The first-order valence-corrected chi connectivity index (χ1v) is 5.83. The van der Waals surface area contributed by atoms with E-state index in [2.05, 4.69) is 26.2 Å². The van der Waals surface area contributed by atoms with E-state index in [1.165, 1.54) is 0 Å². The van der Waals surface area contributed by atoms with Crippen LogP contribution in [0.25, 0.3) is 0 Å². The Bertz CT molecular complexity index is 314. The maximum atomic E-state index is 11.6. The molecule has 1 N–H and O–H groups in total. The van der Waals surface area contributed by atoms with Crippen LogP contribution in [0.4, 0.5) is 0 Å². The summed E-state index contributed by atoms with van der Waals surface area (Å²) in [5.41, 5.74) is 1.06. The van der Waals surface area contributed by atoms with E-state index in [1.807, 2.05) is 26.0 Å². The molecule has 3 nitrogen and oxygen atoms in total. The number of halogens is 1. The van der Waals surface area contributed by atoms with Crippen molar-refractivity contribution in [1.29, 1.82) is 0 Å². The van der Waals surface area contributed by atoms with Crippen LogP contribution in [-0.4, -0.2) is 15.7 Å². The molecule has 1 atom stereocenters. The molecule has 15 heavy (non-hydrogen) atoms. The lowest BCUT2D eigenvalue weighted by Gasteiger charge is -2.13. The van der Waals surface area contributed by atoms with Crippen LogP contribution in [0.5, 0.6) is 0 Å². The Balaban J connectivity index is 2.41. The molecule has 0 bridgehead atoms. The number of carbonyl (C=O) groups is 1. The molecule has 1 unspecified atom stereocenters. The van der Waals surface area contributed by atoms with Gasteiger partial charge in [-0.3, -0.25) is 9.78 Å². The number of amides is 1. The summed E-state index contributed by atoms with van der Waals surface area (Å²) < 4.78 is 0. The highest BCUT2D eigenvalue weighted by molar-refractivity contribution is 9.10. The van der Waals surface area contributed by atoms with Gasteiger partial charge in [0.15, 0.2) is 0 Å². The largest absolute Gasteiger partial charge is 0.351 e. The van der Waals surface area contributed by atoms with Gasteiger partial charge in [0.05, 0.1) is 4.83 Å². The quantitative estimate of drug-likeness (QED) is 0.852. The van der Waals surface area contributed by atoms with E-state index in [1.54, 1.807) is 12.4 Å². The average Bonchev–Trinajstić information content (AvgIpc) is 2.26. The van der Waals surface area contributed by atoms with Crippen LogP contribution >= 0.6 is 15.9 Å². The number of pyridine rings is 1. The minimum Gasteiger partial charge on any atom is -0.351 e. The summed E-state index contributed by atoms with van der Waals surface area (Å²) in [7, 11) is 0. The summed E-state index contributed by atoms with van der Waals surface area (Å²) in [4.78, 5) is 15.4. The van der Waals surface area contributed by atoms with Crippen LogP contribution in [0.1, 0.15) is 19.4 Å². The lowest BCUT2D eigenvalue weighted by atomic mass is 10.1. The fourth-order valence-corrected chi connectivity index (χ4v) is 1.25. The van der Waals surface area contributed by atoms with Crippen LogP contribution in [0.3, 0.4) is 0 Å². The van der Waals surface area contributed by atoms with Crippen molar-refractivity contribution in [3.8, 4) is 0 Å². The third kappa shape index (κ3) is 4.00. The predicted molar refractivity (Wildman–Crippen MR) is 63.6 cm³/mol. The highest BCUT2D eigenvalue weighted by atomic mass is 79.9. The van der Waals surface area contributed by atoms with Gasteiger partial charge in [0.25, 0.3) is 0 Å². The van der Waals surface area contributed by atoms with Crippen molar-refractivity contribution in [2.45, 2.75) is 25.2 Å². The third-order valence-corrected chi connectivity index (χ3v) is 3.53. The maximum Gasteiger partial charge on any atom is 0.234 e. The number of hydrogen-bond donors (Lipinski definition) is 1. The van der Waals surface area contributed by atoms with Gasteiger partial charge in [-0.25, -0.2) is 0 Å². The Hall–Kier alpha value is -0.900. The summed E-state index contributed by atoms with van der Waals surface area (Å²) >= 11 is 3.36. The molecule has 0 radical (unpaired) electrons. The number of aromatic nitrogens is 1. The van der Waals surface area contributed by atoms with E-state index in [4.69, 9.17) is 0 Å². The van der Waals surface area contributed by atoms with E-state index in [-0.39, 0.29) is 10.7 Å². The second-order valence-corrected chi connectivity index (χ2v) is 4.71. The molecular formula is C11H15BrN2O. The van der Waals surface area contributed by atoms with E-state index < -0.39 is 0 Å². The predicted octanol–water partition coefficient (Wildman–Crippen LogP) is 2.12. The van der Waals surface area contributed by atoms with E-state index in [0.717, 1.165) is 5.56 Å². The Morgan fingerprint density at radius 1 is 1.47 bits per heavy atom. The van der Waals surface area contributed by atoms with Crippen molar-refractivity contribution >= 4 is 21.8 Å². The van der Waals surface area contributed by atoms with E-state index in [0.29, 0.717) is 12.5 Å². The van der Waals surface area contributed by atoms with E-state index >= 15 is 0 Å². The molecule has 1 aromatic heterocycles. The van der Waals surface area contributed by atoms with E-state index in [9.17, 15) is 4.79 Å². The number of hydrogen-bond acceptors (Lipinski definition) is 2. The summed E-state index contributed by atoms with van der Waals surface area (Å²) in [6, 6.07) is 3.78. The van der Waals surface area contributed by atoms with Crippen LogP contribution < -0.4 is 5.32 Å². The van der Waals surface area contributed by atoms with Crippen molar-refractivity contribution in [3.05, 3.63) is 30.1 Å². The van der Waals surface area contributed by atoms with Gasteiger partial charge < -0.3 is 5.32 Å². The molecule has 0 saturated carbocycles. The van der Waals surface area contributed by atoms with Gasteiger partial charge in [0, 0.05) is 18.9 Å². The van der Waals surface area contributed by atoms with Gasteiger partial charge in [0.1, 0.15) is 0 Å². The molecule has 1 heterocycles. The Kier molecular flexibility index (Phi) is 4.75. The summed E-state index contributed by atoms with van der Waals surface area (Å²) in [5, 5.41) is 2.87. The standard InChI is InChI=1S/C11H15BrN2O/c1-8(2)10(12)11(15)14-7-9-3-5-13-6-4-9/h3-6,8,10H,7H2,1-2H3,(H,14,15). The van der Waals surface area contributed by atoms with Crippen molar-refractivity contribution in [3.63, 3.8) is 0 Å². The van der Waals surface area contributed by atoms with Crippen LogP contribution in [0.2, 0.25) is 0 Å². The number of nitrogens with one attached hydrogen (secondary N) is 1. The molecule has 0 spiro atoms. The first-order valence-electron chi connectivity index (χ1n) is 4.92. The van der Waals surface area contributed by atoms with Gasteiger partial charge in [-0.1, -0.05) is 29.8 Å². The zero-order chi connectivity index (χ0) is 11.3. The van der Waals surface area contributed by atoms with Gasteiger partial charge in [-0.2, -0.15) is 0 Å². The summed E-state index contributed by atoms with van der Waals surface area (Å²) in [5.74, 6) is 0.323. The van der Waals surface area contributed by atoms with Crippen LogP contribution in [0.15, 0.2) is 24.5 Å². The van der Waals surface area contributed by atoms with Gasteiger partial charge in [-0.15, -0.1) is 0 Å². The van der Waals surface area contributed by atoms with Crippen LogP contribution in [0, 0.1) is 5.92 Å². The zero-order valence-corrected chi connectivity index (χ0v) is 10.5. The number of alkyl halides is 1. The fraction of sp³-hybridized carbons (Fsp3) is 0.455. The van der Waals surface area contributed by atoms with Crippen molar-refractivity contribution < 1.29 is 4.79 Å². The highest BCUT2D eigenvalue weighted by Crippen LogP contribution is 2.11. The summed E-state index contributed by atoms with van der Waals surface area (Å²) in [6.45, 7) is 4.56.